The van der Waals surface area contributed by atoms with Gasteiger partial charge in [0.15, 0.2) is 0 Å². The van der Waals surface area contributed by atoms with Crippen LogP contribution >= 0.6 is 7.82 Å². The lowest BCUT2D eigenvalue weighted by Crippen LogP contribution is -2.45. The Morgan fingerprint density at radius 3 is 1.31 bits per heavy atom. The van der Waals surface area contributed by atoms with Gasteiger partial charge in [0, 0.05) is 6.42 Å². The number of allylic oxidation sites excluding steroid dienone is 13. The molecule has 0 saturated heterocycles. The SMILES string of the molecule is CC/C=C\C/C=C\C/C=C\C/C=C\CCCCCCCCCCCCCCCCCCCCCCCCCCC(=O)NC(COP(=O)([O-])OCC[N+](C)(C)C)C(O)/C=C/CC/C=C/CC/C=C/CCC. The highest BCUT2D eigenvalue weighted by Gasteiger charge is 2.23. The van der Waals surface area contributed by atoms with Crippen LogP contribution in [0.4, 0.5) is 0 Å². The van der Waals surface area contributed by atoms with Crippen molar-refractivity contribution in [2.45, 2.75) is 257 Å². The third-order valence-electron chi connectivity index (χ3n) is 12.5. The molecule has 0 spiro atoms. The van der Waals surface area contributed by atoms with Crippen molar-refractivity contribution in [3.63, 3.8) is 0 Å². The molecule has 0 aromatic carbocycles. The first-order chi connectivity index (χ1) is 34.0. The summed E-state index contributed by atoms with van der Waals surface area (Å²) in [7, 11) is 1.23. The third kappa shape index (κ3) is 53.5. The zero-order valence-corrected chi connectivity index (χ0v) is 47.1. The summed E-state index contributed by atoms with van der Waals surface area (Å²) < 4.78 is 23.2. The maximum absolute atomic E-state index is 12.9. The molecule has 0 saturated carbocycles. The van der Waals surface area contributed by atoms with Gasteiger partial charge in [-0.1, -0.05) is 247 Å². The highest BCUT2D eigenvalue weighted by atomic mass is 31.2. The van der Waals surface area contributed by atoms with Crippen LogP contribution in [-0.4, -0.2) is 68.5 Å². The number of hydrogen-bond donors (Lipinski definition) is 2. The van der Waals surface area contributed by atoms with Crippen molar-refractivity contribution in [1.29, 1.82) is 0 Å². The molecule has 0 aromatic rings. The second-order valence-electron chi connectivity index (χ2n) is 20.6. The van der Waals surface area contributed by atoms with Crippen molar-refractivity contribution in [3.05, 3.63) is 85.1 Å². The lowest BCUT2D eigenvalue weighted by molar-refractivity contribution is -0.870. The van der Waals surface area contributed by atoms with Gasteiger partial charge < -0.3 is 28.8 Å². The minimum Gasteiger partial charge on any atom is -0.756 e. The summed E-state index contributed by atoms with van der Waals surface area (Å²) in [6, 6.07) is -0.910. The maximum atomic E-state index is 12.9. The molecular weight excluding hydrogens is 888 g/mol. The molecule has 0 aromatic heterocycles. The fourth-order valence-corrected chi connectivity index (χ4v) is 8.79. The second kappa shape index (κ2) is 51.6. The predicted octanol–water partition coefficient (Wildman–Crippen LogP) is 17.0. The van der Waals surface area contributed by atoms with Crippen molar-refractivity contribution < 1.29 is 32.9 Å². The lowest BCUT2D eigenvalue weighted by Gasteiger charge is -2.29. The Kier molecular flexibility index (Phi) is 49.9. The molecule has 0 bridgehead atoms. The lowest BCUT2D eigenvalue weighted by atomic mass is 10.0. The Labute approximate surface area is 433 Å². The molecule has 1 amide bonds. The average Bonchev–Trinajstić information content (AvgIpc) is 3.32. The summed E-state index contributed by atoms with van der Waals surface area (Å²) in [5.74, 6) is -0.212. The van der Waals surface area contributed by atoms with E-state index < -0.39 is 26.6 Å². The number of carbonyl (C=O) groups is 1. The van der Waals surface area contributed by atoms with E-state index in [1.165, 1.54) is 148 Å². The van der Waals surface area contributed by atoms with E-state index in [0.717, 1.165) is 77.0 Å². The van der Waals surface area contributed by atoms with Crippen molar-refractivity contribution >= 4 is 13.7 Å². The van der Waals surface area contributed by atoms with E-state index in [4.69, 9.17) is 9.05 Å². The van der Waals surface area contributed by atoms with Gasteiger partial charge in [0.2, 0.25) is 5.91 Å². The largest absolute Gasteiger partial charge is 0.756 e. The first-order valence-corrected chi connectivity index (χ1v) is 30.4. The number of aliphatic hydroxyl groups excluding tert-OH is 1. The van der Waals surface area contributed by atoms with Crippen LogP contribution in [0.5, 0.6) is 0 Å². The normalized spacial score (nSPS) is 14.6. The molecule has 3 unspecified atom stereocenters. The van der Waals surface area contributed by atoms with Crippen molar-refractivity contribution in [1.82, 2.24) is 5.32 Å². The number of carbonyl (C=O) groups excluding carboxylic acids is 1. The molecule has 8 nitrogen and oxygen atoms in total. The third-order valence-corrected chi connectivity index (χ3v) is 13.5. The van der Waals surface area contributed by atoms with Gasteiger partial charge in [-0.2, -0.15) is 0 Å². The predicted molar refractivity (Wildman–Crippen MR) is 302 cm³/mol. The number of aliphatic hydroxyl groups is 1. The Hall–Kier alpha value is -2.32. The molecule has 0 aliphatic heterocycles. The topological polar surface area (TPSA) is 108 Å². The van der Waals surface area contributed by atoms with Crippen LogP contribution in [0, 0.1) is 0 Å². The smallest absolute Gasteiger partial charge is 0.268 e. The van der Waals surface area contributed by atoms with Gasteiger partial charge in [0.1, 0.15) is 13.2 Å². The number of phosphoric acid groups is 1. The molecule has 9 heteroatoms. The molecule has 2 N–H and O–H groups in total. The average molecular weight is 1000 g/mol. The molecule has 0 rings (SSSR count). The summed E-state index contributed by atoms with van der Waals surface area (Å²) in [4.78, 5) is 25.4. The van der Waals surface area contributed by atoms with E-state index in [2.05, 4.69) is 92.1 Å². The fraction of sp³-hybridized carbons (Fsp3) is 0.754. The standard InChI is InChI=1S/C61H111N2O6P/c1-6-8-10-12-14-16-18-19-20-21-22-23-24-25-26-27-28-29-30-31-32-33-34-35-36-37-38-39-40-41-42-43-45-47-49-51-53-55-61(65)62-59(58-69-70(66,67)68-57-56-63(3,4)5)60(64)54-52-50-48-46-44-17-15-13-11-9-7-2/h8,10-11,13-14,16,19-20,22-23,44,46,52,54,59-60,64H,6-7,9,12,15,17-18,21,24-43,45,47-51,53,55-58H2,1-5H3,(H-,62,65,66,67)/b10-8-,13-11+,16-14-,20-19-,23-22-,46-44+,54-52+. The molecule has 70 heavy (non-hydrogen) atoms. The number of amides is 1. The van der Waals surface area contributed by atoms with E-state index in [1.54, 1.807) is 6.08 Å². The van der Waals surface area contributed by atoms with Gasteiger partial charge in [-0.15, -0.1) is 0 Å². The van der Waals surface area contributed by atoms with Crippen LogP contribution in [0.25, 0.3) is 0 Å². The summed E-state index contributed by atoms with van der Waals surface area (Å²) in [5, 5.41) is 13.8. The van der Waals surface area contributed by atoms with E-state index >= 15 is 0 Å². The van der Waals surface area contributed by atoms with Gasteiger partial charge in [-0.05, 0) is 77.0 Å². The first-order valence-electron chi connectivity index (χ1n) is 28.9. The zero-order valence-electron chi connectivity index (χ0n) is 46.2. The Bertz CT molecular complexity index is 1410. The van der Waals surface area contributed by atoms with Crippen LogP contribution in [-0.2, 0) is 18.4 Å². The van der Waals surface area contributed by atoms with E-state index in [0.29, 0.717) is 17.4 Å². The highest BCUT2D eigenvalue weighted by molar-refractivity contribution is 7.45. The van der Waals surface area contributed by atoms with Gasteiger partial charge in [-0.25, -0.2) is 0 Å². The summed E-state index contributed by atoms with van der Waals surface area (Å²) in [5.41, 5.74) is 0. The second-order valence-corrected chi connectivity index (χ2v) is 22.0. The Morgan fingerprint density at radius 1 is 0.514 bits per heavy atom. The minimum absolute atomic E-state index is 0.0104. The van der Waals surface area contributed by atoms with Gasteiger partial charge in [0.25, 0.3) is 7.82 Å². The van der Waals surface area contributed by atoms with Crippen LogP contribution in [0.3, 0.4) is 0 Å². The van der Waals surface area contributed by atoms with E-state index in [1.807, 2.05) is 27.2 Å². The highest BCUT2D eigenvalue weighted by Crippen LogP contribution is 2.38. The molecule has 406 valence electrons. The van der Waals surface area contributed by atoms with E-state index in [-0.39, 0.29) is 12.5 Å². The number of likely N-dealkylation sites (N-methyl/N-ethyl adjacent to an activating group) is 1. The molecule has 0 fully saturated rings. The molecule has 0 aliphatic rings. The van der Waals surface area contributed by atoms with Gasteiger partial charge in [0.05, 0.1) is 39.9 Å². The summed E-state index contributed by atoms with van der Waals surface area (Å²) >= 11 is 0. The van der Waals surface area contributed by atoms with Crippen molar-refractivity contribution in [2.24, 2.45) is 0 Å². The number of hydrogen-bond acceptors (Lipinski definition) is 6. The quantitative estimate of drug-likeness (QED) is 0.0272. The zero-order chi connectivity index (χ0) is 51.3. The Balaban J connectivity index is 3.91. The molecule has 0 aliphatic carbocycles. The number of unbranched alkanes of at least 4 members (excludes halogenated alkanes) is 27. The number of nitrogens with one attached hydrogen (secondary N) is 1. The Morgan fingerprint density at radius 2 is 0.886 bits per heavy atom. The van der Waals surface area contributed by atoms with Crippen molar-refractivity contribution in [2.75, 3.05) is 40.9 Å². The molecule has 3 atom stereocenters. The van der Waals surface area contributed by atoms with Crippen LogP contribution in [0.1, 0.15) is 245 Å². The molecular formula is C61H111N2O6P. The first kappa shape index (κ1) is 67.7. The van der Waals surface area contributed by atoms with Crippen molar-refractivity contribution in [3.8, 4) is 0 Å². The number of rotatable bonds is 52. The van der Waals surface area contributed by atoms with Gasteiger partial charge in [-0.3, -0.25) is 9.36 Å². The number of quaternary nitrogens is 1. The number of phosphoric ester groups is 1. The number of nitrogens with zero attached hydrogens (tertiary/aromatic N) is 1. The minimum atomic E-state index is -4.60. The van der Waals surface area contributed by atoms with Gasteiger partial charge >= 0.3 is 0 Å². The van der Waals surface area contributed by atoms with E-state index in [9.17, 15) is 19.4 Å². The maximum Gasteiger partial charge on any atom is 0.268 e. The summed E-state index contributed by atoms with van der Waals surface area (Å²) in [6.07, 6.45) is 72.7. The van der Waals surface area contributed by atoms with Crippen LogP contribution in [0.15, 0.2) is 85.1 Å². The summed E-state index contributed by atoms with van der Waals surface area (Å²) in [6.45, 7) is 4.43. The van der Waals surface area contributed by atoms with Crippen LogP contribution in [0.2, 0.25) is 0 Å². The van der Waals surface area contributed by atoms with Crippen LogP contribution < -0.4 is 10.2 Å². The fourth-order valence-electron chi connectivity index (χ4n) is 8.07. The molecule has 0 heterocycles. The monoisotopic (exact) mass is 999 g/mol. The molecule has 0 radical (unpaired) electrons.